The highest BCUT2D eigenvalue weighted by Gasteiger charge is 2.53. The van der Waals surface area contributed by atoms with Crippen LogP contribution in [0.25, 0.3) is 10.1 Å². The minimum atomic E-state index is -4.01. The molecule has 3 heterocycles. The van der Waals surface area contributed by atoms with Gasteiger partial charge in [0.05, 0.1) is 37.4 Å². The van der Waals surface area contributed by atoms with Gasteiger partial charge in [0, 0.05) is 17.2 Å². The summed E-state index contributed by atoms with van der Waals surface area (Å²) < 4.78 is 40.1. The van der Waals surface area contributed by atoms with E-state index in [1.54, 1.807) is 0 Å². The molecule has 1 N–H and O–H groups in total. The molecule has 152 valence electrons. The Morgan fingerprint density at radius 2 is 1.89 bits per heavy atom. The number of piperazine rings is 1. The average molecular weight is 423 g/mol. The fourth-order valence-corrected chi connectivity index (χ4v) is 7.73. The lowest BCUT2D eigenvalue weighted by molar-refractivity contribution is -0.940. The predicted molar refractivity (Wildman–Crippen MR) is 112 cm³/mol. The van der Waals surface area contributed by atoms with E-state index in [-0.39, 0.29) is 11.8 Å². The number of fused-ring (bicyclic) bond motifs is 2. The normalized spacial score (nSPS) is 33.5. The molecule has 1 aromatic heterocycles. The van der Waals surface area contributed by atoms with Crippen LogP contribution in [0.2, 0.25) is 0 Å². The van der Waals surface area contributed by atoms with Crippen molar-refractivity contribution in [2.75, 3.05) is 43.4 Å². The molecule has 3 atom stereocenters. The van der Waals surface area contributed by atoms with E-state index in [0.717, 1.165) is 58.4 Å². The number of hydrogen-bond donors (Lipinski definition) is 1. The molecule has 1 aliphatic carbocycles. The van der Waals surface area contributed by atoms with Crippen molar-refractivity contribution >= 4 is 37.6 Å². The lowest BCUT2D eigenvalue weighted by Gasteiger charge is -2.48. The molecule has 3 aliphatic rings. The summed E-state index contributed by atoms with van der Waals surface area (Å²) in [5.41, 5.74) is 0. The number of nitrogens with zero attached hydrogens (tertiary/aromatic N) is 3. The average Bonchev–Trinajstić information content (AvgIpc) is 3.24. The van der Waals surface area contributed by atoms with Crippen molar-refractivity contribution < 1.29 is 17.5 Å². The van der Waals surface area contributed by atoms with E-state index in [1.165, 1.54) is 37.2 Å². The Hall–Kier alpha value is -1.22. The maximum Gasteiger partial charge on any atom is 0.270 e. The van der Waals surface area contributed by atoms with Crippen LogP contribution in [0.1, 0.15) is 25.7 Å². The molecule has 0 bridgehead atoms. The Balaban J connectivity index is 1.45. The molecule has 2 aromatic rings. The molecular weight excluding hydrogens is 394 g/mol. The second-order valence-corrected chi connectivity index (χ2v) is 11.3. The van der Waals surface area contributed by atoms with Crippen LogP contribution in [0, 0.1) is 11.8 Å². The SMILES string of the molecule is O=S(=O)(O)CC1CN(c2nsc3ccccc23)CC[N+]12CC1CCCCC1C2. The fraction of sp³-hybridized carbons (Fsp3) is 0.650. The second kappa shape index (κ2) is 6.93. The largest absolute Gasteiger partial charge is 0.344 e. The van der Waals surface area contributed by atoms with Crippen LogP contribution in [-0.2, 0) is 10.1 Å². The van der Waals surface area contributed by atoms with Crippen LogP contribution in [-0.4, -0.2) is 66.3 Å². The standard InChI is InChI=1S/C20H27N3O3S2/c24-28(25,26)14-17-11-22(20-18-7-3-4-8-19(18)27-21-20)9-10-23(17)12-15-5-1-2-6-16(15)13-23/h3-4,7-8,15-17H,1-2,5-6,9-14H2/p+1. The van der Waals surface area contributed by atoms with Crippen LogP contribution in [0.3, 0.4) is 0 Å². The van der Waals surface area contributed by atoms with Crippen molar-refractivity contribution in [2.24, 2.45) is 11.8 Å². The third kappa shape index (κ3) is 3.34. The minimum absolute atomic E-state index is 0.0881. The maximum absolute atomic E-state index is 11.9. The van der Waals surface area contributed by atoms with E-state index in [2.05, 4.69) is 21.4 Å². The molecule has 6 nitrogen and oxygen atoms in total. The number of quaternary nitrogens is 1. The topological polar surface area (TPSA) is 70.5 Å². The molecule has 0 amide bonds. The Bertz CT molecular complexity index is 960. The van der Waals surface area contributed by atoms with Gasteiger partial charge in [-0.2, -0.15) is 12.8 Å². The monoisotopic (exact) mass is 422 g/mol. The summed E-state index contributed by atoms with van der Waals surface area (Å²) in [5.74, 6) is 2.27. The van der Waals surface area contributed by atoms with Gasteiger partial charge in [0.2, 0.25) is 0 Å². The predicted octanol–water partition coefficient (Wildman–Crippen LogP) is 3.01. The van der Waals surface area contributed by atoms with Gasteiger partial charge in [0.15, 0.2) is 5.82 Å². The van der Waals surface area contributed by atoms with Crippen molar-refractivity contribution in [1.82, 2.24) is 4.37 Å². The van der Waals surface area contributed by atoms with Gasteiger partial charge in [0.1, 0.15) is 11.8 Å². The van der Waals surface area contributed by atoms with Crippen LogP contribution in [0.5, 0.6) is 0 Å². The van der Waals surface area contributed by atoms with Crippen molar-refractivity contribution in [3.8, 4) is 0 Å². The van der Waals surface area contributed by atoms with E-state index >= 15 is 0 Å². The number of aromatic nitrogens is 1. The zero-order valence-corrected chi connectivity index (χ0v) is 17.7. The first-order chi connectivity index (χ1) is 13.4. The van der Waals surface area contributed by atoms with Crippen molar-refractivity contribution in [3.63, 3.8) is 0 Å². The Labute approximate surface area is 170 Å². The highest BCUT2D eigenvalue weighted by Crippen LogP contribution is 2.43. The van der Waals surface area contributed by atoms with Gasteiger partial charge in [-0.1, -0.05) is 25.0 Å². The summed E-state index contributed by atoms with van der Waals surface area (Å²) in [7, 11) is -4.01. The molecule has 0 radical (unpaired) electrons. The number of hydrogen-bond acceptors (Lipinski definition) is 5. The van der Waals surface area contributed by atoms with Gasteiger partial charge in [-0.25, -0.2) is 0 Å². The Morgan fingerprint density at radius 3 is 2.61 bits per heavy atom. The zero-order valence-electron chi connectivity index (χ0n) is 16.0. The number of rotatable bonds is 3. The first-order valence-corrected chi connectivity index (χ1v) is 12.7. The third-order valence-electron chi connectivity index (χ3n) is 7.34. The van der Waals surface area contributed by atoms with Crippen LogP contribution in [0.15, 0.2) is 24.3 Å². The fourth-order valence-electron chi connectivity index (χ4n) is 6.02. The minimum Gasteiger partial charge on any atom is -0.344 e. The van der Waals surface area contributed by atoms with Gasteiger partial charge in [-0.05, 0) is 36.5 Å². The van der Waals surface area contributed by atoms with Crippen LogP contribution < -0.4 is 4.90 Å². The second-order valence-electron chi connectivity index (χ2n) is 8.96. The van der Waals surface area contributed by atoms with E-state index < -0.39 is 10.1 Å². The smallest absolute Gasteiger partial charge is 0.270 e. The zero-order chi connectivity index (χ0) is 19.4. The summed E-state index contributed by atoms with van der Waals surface area (Å²) in [5, 5.41) is 1.14. The van der Waals surface area contributed by atoms with Crippen molar-refractivity contribution in [2.45, 2.75) is 31.7 Å². The summed E-state index contributed by atoms with van der Waals surface area (Å²) in [6, 6.07) is 8.13. The summed E-state index contributed by atoms with van der Waals surface area (Å²) in [4.78, 5) is 2.25. The third-order valence-corrected chi connectivity index (χ3v) is 8.97. The van der Waals surface area contributed by atoms with Crippen molar-refractivity contribution in [1.29, 1.82) is 0 Å². The van der Waals surface area contributed by atoms with Crippen molar-refractivity contribution in [3.05, 3.63) is 24.3 Å². The van der Waals surface area contributed by atoms with E-state index in [1.807, 2.05) is 12.1 Å². The first-order valence-electron chi connectivity index (χ1n) is 10.3. The molecule has 1 saturated carbocycles. The van der Waals surface area contributed by atoms with E-state index in [4.69, 9.17) is 0 Å². The van der Waals surface area contributed by atoms with Gasteiger partial charge in [0.25, 0.3) is 10.1 Å². The summed E-state index contributed by atoms with van der Waals surface area (Å²) >= 11 is 1.50. The van der Waals surface area contributed by atoms with E-state index in [0.29, 0.717) is 6.54 Å². The Kier molecular flexibility index (Phi) is 4.65. The van der Waals surface area contributed by atoms with Gasteiger partial charge in [-0.3, -0.25) is 4.55 Å². The Morgan fingerprint density at radius 1 is 1.18 bits per heavy atom. The number of benzene rings is 1. The van der Waals surface area contributed by atoms with Crippen LogP contribution >= 0.6 is 11.5 Å². The quantitative estimate of drug-likeness (QED) is 0.608. The van der Waals surface area contributed by atoms with Gasteiger partial charge >= 0.3 is 0 Å². The molecule has 1 aromatic carbocycles. The lowest BCUT2D eigenvalue weighted by atomic mass is 9.82. The summed E-state index contributed by atoms with van der Waals surface area (Å²) in [6.45, 7) is 4.65. The lowest BCUT2D eigenvalue weighted by Crippen LogP contribution is -2.66. The molecule has 2 aliphatic heterocycles. The number of anilines is 1. The highest BCUT2D eigenvalue weighted by atomic mass is 32.2. The molecule has 5 rings (SSSR count). The molecule has 8 heteroatoms. The maximum atomic E-state index is 11.9. The summed E-state index contributed by atoms with van der Waals surface area (Å²) in [6.07, 6.45) is 5.18. The molecule has 2 saturated heterocycles. The molecule has 3 unspecified atom stereocenters. The first kappa shape index (κ1) is 18.8. The highest BCUT2D eigenvalue weighted by molar-refractivity contribution is 7.85. The molecule has 28 heavy (non-hydrogen) atoms. The molecule has 1 spiro atoms. The van der Waals surface area contributed by atoms with Crippen LogP contribution in [0.4, 0.5) is 5.82 Å². The van der Waals surface area contributed by atoms with E-state index in [9.17, 15) is 13.0 Å². The molecule has 3 fully saturated rings. The van der Waals surface area contributed by atoms with Gasteiger partial charge < -0.3 is 9.38 Å². The molecular formula is C20H28N3O3S2+. The van der Waals surface area contributed by atoms with Gasteiger partial charge in [-0.15, -0.1) is 0 Å².